The van der Waals surface area contributed by atoms with Gasteiger partial charge in [0, 0.05) is 24.9 Å². The number of nitrogens with one attached hydrogen (secondary N) is 1. The van der Waals surface area contributed by atoms with E-state index in [2.05, 4.69) is 26.2 Å². The Morgan fingerprint density at radius 3 is 2.62 bits per heavy atom. The van der Waals surface area contributed by atoms with Gasteiger partial charge in [0.2, 0.25) is 5.88 Å². The molecule has 1 unspecified atom stereocenters. The molecule has 0 fully saturated rings. The molecule has 0 saturated heterocycles. The third kappa shape index (κ3) is 5.99. The van der Waals surface area contributed by atoms with Crippen molar-refractivity contribution >= 4 is 21.8 Å². The molecule has 0 saturated carbocycles. The highest BCUT2D eigenvalue weighted by Gasteiger charge is 2.16. The van der Waals surface area contributed by atoms with E-state index in [0.29, 0.717) is 21.9 Å². The summed E-state index contributed by atoms with van der Waals surface area (Å²) in [5, 5.41) is 2.74. The lowest BCUT2D eigenvalue weighted by Gasteiger charge is -2.16. The van der Waals surface area contributed by atoms with Crippen LogP contribution in [0.1, 0.15) is 12.5 Å². The zero-order valence-electron chi connectivity index (χ0n) is 15.4. The van der Waals surface area contributed by atoms with Crippen LogP contribution in [-0.4, -0.2) is 17.0 Å². The molecule has 3 aromatic rings. The first-order valence-electron chi connectivity index (χ1n) is 8.68. The van der Waals surface area contributed by atoms with E-state index in [-0.39, 0.29) is 12.5 Å². The number of carbonyl (C=O) groups is 1. The van der Waals surface area contributed by atoms with Crippen LogP contribution in [0.5, 0.6) is 17.4 Å². The molecule has 29 heavy (non-hydrogen) atoms. The normalized spacial score (nSPS) is 11.6. The van der Waals surface area contributed by atoms with Gasteiger partial charge in [0.25, 0.3) is 5.91 Å². The number of pyridine rings is 1. The van der Waals surface area contributed by atoms with Gasteiger partial charge in [0.1, 0.15) is 23.1 Å². The smallest absolute Gasteiger partial charge is 0.261 e. The van der Waals surface area contributed by atoms with E-state index < -0.39 is 17.7 Å². The highest BCUT2D eigenvalue weighted by atomic mass is 79.9. The van der Waals surface area contributed by atoms with E-state index in [4.69, 9.17) is 9.47 Å². The Kier molecular flexibility index (Phi) is 6.77. The molecule has 1 N–H and O–H groups in total. The Balaban J connectivity index is 1.51. The summed E-state index contributed by atoms with van der Waals surface area (Å²) in [6.45, 7) is 1.84. The van der Waals surface area contributed by atoms with E-state index >= 15 is 0 Å². The topological polar surface area (TPSA) is 60.5 Å². The third-order valence-electron chi connectivity index (χ3n) is 3.85. The fraction of sp³-hybridized carbons (Fsp3) is 0.143. The van der Waals surface area contributed by atoms with E-state index in [9.17, 15) is 13.6 Å². The Hall–Kier alpha value is -3.00. The van der Waals surface area contributed by atoms with Crippen LogP contribution in [0.2, 0.25) is 0 Å². The highest BCUT2D eigenvalue weighted by Crippen LogP contribution is 2.26. The summed E-state index contributed by atoms with van der Waals surface area (Å²) in [6, 6.07) is 13.1. The van der Waals surface area contributed by atoms with Crippen LogP contribution in [0.4, 0.5) is 8.78 Å². The summed E-state index contributed by atoms with van der Waals surface area (Å²) in [5.41, 5.74) is 0.750. The van der Waals surface area contributed by atoms with E-state index in [1.54, 1.807) is 37.4 Å². The van der Waals surface area contributed by atoms with Gasteiger partial charge in [0.15, 0.2) is 6.10 Å². The van der Waals surface area contributed by atoms with Crippen LogP contribution >= 0.6 is 15.9 Å². The maximum atomic E-state index is 13.2. The van der Waals surface area contributed by atoms with Crippen molar-refractivity contribution in [2.75, 3.05) is 0 Å². The largest absolute Gasteiger partial charge is 0.480 e. The molecule has 0 aliphatic carbocycles. The van der Waals surface area contributed by atoms with Crippen molar-refractivity contribution in [2.24, 2.45) is 0 Å². The van der Waals surface area contributed by atoms with Crippen LogP contribution in [0.15, 0.2) is 65.3 Å². The second-order valence-corrected chi connectivity index (χ2v) is 6.97. The predicted octanol–water partition coefficient (Wildman–Crippen LogP) is 5.00. The number of benzene rings is 2. The van der Waals surface area contributed by atoms with Crippen molar-refractivity contribution < 1.29 is 23.0 Å². The van der Waals surface area contributed by atoms with Crippen LogP contribution in [-0.2, 0) is 11.3 Å². The first kappa shape index (κ1) is 20.7. The fourth-order valence-electron chi connectivity index (χ4n) is 2.37. The number of rotatable bonds is 7. The molecule has 1 aromatic heterocycles. The number of halogens is 3. The molecule has 5 nitrogen and oxygen atoms in total. The van der Waals surface area contributed by atoms with Crippen LogP contribution in [0.25, 0.3) is 0 Å². The number of carbonyl (C=O) groups excluding carboxylic acids is 1. The molecular formula is C21H17BrF2N2O3. The number of amides is 1. The molecular weight excluding hydrogens is 446 g/mol. The van der Waals surface area contributed by atoms with Gasteiger partial charge in [-0.05, 0) is 58.7 Å². The quantitative estimate of drug-likeness (QED) is 0.536. The molecule has 0 aliphatic heterocycles. The zero-order chi connectivity index (χ0) is 20.8. The van der Waals surface area contributed by atoms with Crippen molar-refractivity contribution in [3.8, 4) is 17.4 Å². The van der Waals surface area contributed by atoms with Gasteiger partial charge < -0.3 is 14.8 Å². The molecule has 1 atom stereocenters. The first-order valence-corrected chi connectivity index (χ1v) is 9.48. The summed E-state index contributed by atoms with van der Waals surface area (Å²) in [4.78, 5) is 16.4. The minimum atomic E-state index is -0.777. The molecule has 1 amide bonds. The molecule has 8 heteroatoms. The molecule has 3 rings (SSSR count). The van der Waals surface area contributed by atoms with Crippen molar-refractivity contribution in [1.82, 2.24) is 10.3 Å². The molecule has 1 heterocycles. The number of hydrogen-bond acceptors (Lipinski definition) is 4. The average molecular weight is 463 g/mol. The second-order valence-electron chi connectivity index (χ2n) is 6.12. The lowest BCUT2D eigenvalue weighted by Crippen LogP contribution is -2.36. The van der Waals surface area contributed by atoms with Crippen LogP contribution < -0.4 is 14.8 Å². The lowest BCUT2D eigenvalue weighted by atomic mass is 10.2. The van der Waals surface area contributed by atoms with Gasteiger partial charge in [-0.1, -0.05) is 12.1 Å². The molecule has 150 valence electrons. The van der Waals surface area contributed by atoms with Gasteiger partial charge in [0.05, 0.1) is 4.47 Å². The Morgan fingerprint density at radius 2 is 1.93 bits per heavy atom. The monoisotopic (exact) mass is 462 g/mol. The SMILES string of the molecule is CC(Oc1ccc(F)cc1Br)C(=O)NCc1ccc(Oc2cccc(F)c2)nc1. The lowest BCUT2D eigenvalue weighted by molar-refractivity contribution is -0.127. The number of aromatic nitrogens is 1. The summed E-state index contributed by atoms with van der Waals surface area (Å²) >= 11 is 3.20. The average Bonchev–Trinajstić information content (AvgIpc) is 2.69. The maximum absolute atomic E-state index is 13.2. The van der Waals surface area contributed by atoms with Gasteiger partial charge in [-0.25, -0.2) is 13.8 Å². The van der Waals surface area contributed by atoms with Crippen molar-refractivity contribution in [1.29, 1.82) is 0 Å². The molecule has 0 aliphatic rings. The summed E-state index contributed by atoms with van der Waals surface area (Å²) in [7, 11) is 0. The van der Waals surface area contributed by atoms with E-state index in [0.717, 1.165) is 5.56 Å². The van der Waals surface area contributed by atoms with Crippen molar-refractivity contribution in [2.45, 2.75) is 19.6 Å². The zero-order valence-corrected chi connectivity index (χ0v) is 16.9. The first-order chi connectivity index (χ1) is 13.9. The van der Waals surface area contributed by atoms with Gasteiger partial charge >= 0.3 is 0 Å². The molecule has 0 radical (unpaired) electrons. The van der Waals surface area contributed by atoms with Gasteiger partial charge in [-0.3, -0.25) is 4.79 Å². The Morgan fingerprint density at radius 1 is 1.14 bits per heavy atom. The van der Waals surface area contributed by atoms with Gasteiger partial charge in [-0.2, -0.15) is 0 Å². The summed E-state index contributed by atoms with van der Waals surface area (Å²) in [5.74, 6) is -0.111. The van der Waals surface area contributed by atoms with Crippen molar-refractivity contribution in [3.05, 3.63) is 82.5 Å². The molecule has 2 aromatic carbocycles. The molecule has 0 spiro atoms. The molecule has 0 bridgehead atoms. The number of hydrogen-bond donors (Lipinski definition) is 1. The number of nitrogens with zero attached hydrogens (tertiary/aromatic N) is 1. The second kappa shape index (κ2) is 9.47. The Labute approximate surface area is 174 Å². The van der Waals surface area contributed by atoms with Crippen molar-refractivity contribution in [3.63, 3.8) is 0 Å². The Bertz CT molecular complexity index is 999. The van der Waals surface area contributed by atoms with E-state index in [1.165, 1.54) is 30.3 Å². The predicted molar refractivity (Wildman–Crippen MR) is 107 cm³/mol. The van der Waals surface area contributed by atoms with Crippen LogP contribution in [0, 0.1) is 11.6 Å². The third-order valence-corrected chi connectivity index (χ3v) is 4.47. The summed E-state index contributed by atoms with van der Waals surface area (Å²) < 4.78 is 37.8. The van der Waals surface area contributed by atoms with E-state index in [1.807, 2.05) is 0 Å². The highest BCUT2D eigenvalue weighted by molar-refractivity contribution is 9.10. The van der Waals surface area contributed by atoms with Crippen LogP contribution in [0.3, 0.4) is 0 Å². The van der Waals surface area contributed by atoms with Gasteiger partial charge in [-0.15, -0.1) is 0 Å². The fourth-order valence-corrected chi connectivity index (χ4v) is 2.82. The summed E-state index contributed by atoms with van der Waals surface area (Å²) in [6.07, 6.45) is 0.775. The maximum Gasteiger partial charge on any atom is 0.261 e. The number of ether oxygens (including phenoxy) is 2. The standard InChI is InChI=1S/C21H17BrF2N2O3/c1-13(28-19-7-6-16(24)10-18(19)22)21(27)26-12-14-5-8-20(25-11-14)29-17-4-2-3-15(23)9-17/h2-11,13H,12H2,1H3,(H,26,27). The minimum absolute atomic E-state index is 0.240. The minimum Gasteiger partial charge on any atom is -0.480 e.